The van der Waals surface area contributed by atoms with Crippen molar-refractivity contribution in [2.24, 2.45) is 0 Å². The predicted molar refractivity (Wildman–Crippen MR) is 149 cm³/mol. The molecule has 0 bridgehead atoms. The zero-order chi connectivity index (χ0) is 28.6. The third-order valence-electron chi connectivity index (χ3n) is 6.26. The smallest absolute Gasteiger partial charge is 0.407 e. The third-order valence-corrected chi connectivity index (χ3v) is 11.3. The molecule has 7 nitrogen and oxygen atoms in total. The SMILES string of the molecule is O=C(N[C@@H](Cc1ccccc1)CC(F)(S(=O)(=O)c1ccccc1)S(=O)(=O)c1ccccc1)OCc1ccccc1. The lowest BCUT2D eigenvalue weighted by atomic mass is 10.0. The fourth-order valence-corrected chi connectivity index (χ4v) is 8.52. The topological polar surface area (TPSA) is 107 Å². The summed E-state index contributed by atoms with van der Waals surface area (Å²) in [5, 5.41) is 2.51. The molecule has 10 heteroatoms. The van der Waals surface area contributed by atoms with E-state index in [1.54, 1.807) is 60.7 Å². The van der Waals surface area contributed by atoms with Crippen molar-refractivity contribution in [3.8, 4) is 0 Å². The van der Waals surface area contributed by atoms with Crippen LogP contribution < -0.4 is 5.32 Å². The first-order chi connectivity index (χ1) is 19.1. The average molecular weight is 582 g/mol. The lowest BCUT2D eigenvalue weighted by Crippen LogP contribution is -2.49. The van der Waals surface area contributed by atoms with E-state index in [1.165, 1.54) is 36.4 Å². The highest BCUT2D eigenvalue weighted by molar-refractivity contribution is 8.10. The number of carbonyl (C=O) groups is 1. The number of ether oxygens (including phenoxy) is 1. The van der Waals surface area contributed by atoms with Crippen LogP contribution in [0.3, 0.4) is 0 Å². The molecular weight excluding hydrogens is 553 g/mol. The molecule has 0 radical (unpaired) electrons. The van der Waals surface area contributed by atoms with E-state index in [2.05, 4.69) is 5.32 Å². The number of rotatable bonds is 11. The number of alkyl carbamates (subject to hydrolysis) is 1. The second kappa shape index (κ2) is 12.4. The minimum absolute atomic E-state index is 0.0540. The van der Waals surface area contributed by atoms with Gasteiger partial charge in [0.05, 0.1) is 9.79 Å². The Morgan fingerprint density at radius 3 is 1.52 bits per heavy atom. The standard InChI is InChI=1S/C30H28FNO6S2/c31-30(39(34,35)27-17-9-3-10-18-27,40(36,37)28-19-11-4-12-20-28)22-26(21-24-13-5-1-6-14-24)32-29(33)38-23-25-15-7-2-8-16-25/h1-20,26H,21-23H2,(H,32,33)/t26-/m0/s1. The minimum atomic E-state index is -5.13. The first-order valence-corrected chi connectivity index (χ1v) is 15.4. The monoisotopic (exact) mass is 581 g/mol. The van der Waals surface area contributed by atoms with Gasteiger partial charge < -0.3 is 10.1 Å². The van der Waals surface area contributed by atoms with Crippen LogP contribution in [0.15, 0.2) is 131 Å². The molecule has 40 heavy (non-hydrogen) atoms. The number of halogens is 1. The molecule has 0 heterocycles. The molecule has 0 aromatic heterocycles. The van der Waals surface area contributed by atoms with Gasteiger partial charge in [-0.3, -0.25) is 0 Å². The Morgan fingerprint density at radius 1 is 0.675 bits per heavy atom. The molecule has 4 aromatic rings. The molecule has 0 spiro atoms. The number of sulfone groups is 2. The molecule has 0 saturated heterocycles. The Kier molecular flexibility index (Phi) is 9.01. The Hall–Kier alpha value is -4.02. The lowest BCUT2D eigenvalue weighted by Gasteiger charge is -2.30. The summed E-state index contributed by atoms with van der Waals surface area (Å²) in [7, 11) is -10.3. The van der Waals surface area contributed by atoms with Crippen molar-refractivity contribution in [1.29, 1.82) is 0 Å². The normalized spacial score (nSPS) is 12.8. The molecule has 208 valence electrons. The van der Waals surface area contributed by atoms with Crippen molar-refractivity contribution in [1.82, 2.24) is 5.32 Å². The zero-order valence-electron chi connectivity index (χ0n) is 21.4. The van der Waals surface area contributed by atoms with Gasteiger partial charge in [-0.15, -0.1) is 0 Å². The summed E-state index contributed by atoms with van der Waals surface area (Å²) in [6, 6.07) is 29.3. The van der Waals surface area contributed by atoms with Crippen molar-refractivity contribution in [2.45, 2.75) is 39.6 Å². The van der Waals surface area contributed by atoms with Crippen molar-refractivity contribution >= 4 is 25.8 Å². The van der Waals surface area contributed by atoms with Crippen molar-refractivity contribution < 1.29 is 30.8 Å². The van der Waals surface area contributed by atoms with Gasteiger partial charge in [0.15, 0.2) is 0 Å². The molecule has 1 amide bonds. The molecule has 1 N–H and O–H groups in total. The van der Waals surface area contributed by atoms with E-state index in [0.29, 0.717) is 11.1 Å². The molecule has 0 saturated carbocycles. The van der Waals surface area contributed by atoms with Gasteiger partial charge in [0.1, 0.15) is 6.61 Å². The number of nitrogens with one attached hydrogen (secondary N) is 1. The Balaban J connectivity index is 1.73. The second-order valence-corrected chi connectivity index (χ2v) is 13.6. The number of hydrogen-bond acceptors (Lipinski definition) is 6. The maximum atomic E-state index is 17.2. The Bertz CT molecular complexity index is 1550. The van der Waals surface area contributed by atoms with Gasteiger partial charge in [-0.05, 0) is 41.8 Å². The van der Waals surface area contributed by atoms with Crippen molar-refractivity contribution in [2.75, 3.05) is 0 Å². The van der Waals surface area contributed by atoms with Crippen LogP contribution in [0.1, 0.15) is 17.5 Å². The molecule has 0 unspecified atom stereocenters. The summed E-state index contributed by atoms with van der Waals surface area (Å²) in [5.41, 5.74) is 1.34. The predicted octanol–water partition coefficient (Wildman–Crippen LogP) is 5.49. The minimum Gasteiger partial charge on any atom is -0.445 e. The second-order valence-electron chi connectivity index (χ2n) is 9.09. The van der Waals surface area contributed by atoms with Gasteiger partial charge in [0.25, 0.3) is 0 Å². The van der Waals surface area contributed by atoms with E-state index in [9.17, 15) is 21.6 Å². The van der Waals surface area contributed by atoms with Gasteiger partial charge in [0, 0.05) is 12.5 Å². The molecule has 0 aliphatic heterocycles. The maximum absolute atomic E-state index is 17.2. The highest BCUT2D eigenvalue weighted by Crippen LogP contribution is 2.41. The number of carbonyl (C=O) groups excluding carboxylic acids is 1. The van der Waals surface area contributed by atoms with Crippen LogP contribution in [0.4, 0.5) is 9.18 Å². The van der Waals surface area contributed by atoms with Crippen LogP contribution in [-0.2, 0) is 37.4 Å². The maximum Gasteiger partial charge on any atom is 0.407 e. The van der Waals surface area contributed by atoms with Crippen LogP contribution in [0, 0.1) is 0 Å². The van der Waals surface area contributed by atoms with E-state index in [4.69, 9.17) is 4.74 Å². The van der Waals surface area contributed by atoms with Gasteiger partial charge in [-0.2, -0.15) is 0 Å². The van der Waals surface area contributed by atoms with Crippen LogP contribution in [-0.4, -0.2) is 33.3 Å². The first-order valence-electron chi connectivity index (χ1n) is 12.4. The highest BCUT2D eigenvalue weighted by atomic mass is 32.3. The van der Waals surface area contributed by atoms with Gasteiger partial charge in [-0.1, -0.05) is 97.1 Å². The number of alkyl halides is 1. The summed E-state index contributed by atoms with van der Waals surface area (Å²) < 4.78 is 73.7. The van der Waals surface area contributed by atoms with Gasteiger partial charge in [-0.25, -0.2) is 26.0 Å². The van der Waals surface area contributed by atoms with Crippen molar-refractivity contribution in [3.63, 3.8) is 0 Å². The van der Waals surface area contributed by atoms with Crippen LogP contribution in [0.2, 0.25) is 0 Å². The summed E-state index contributed by atoms with van der Waals surface area (Å²) in [6.45, 7) is -0.0872. The largest absolute Gasteiger partial charge is 0.445 e. The van der Waals surface area contributed by atoms with Crippen LogP contribution >= 0.6 is 0 Å². The van der Waals surface area contributed by atoms with Gasteiger partial charge >= 0.3 is 10.4 Å². The van der Waals surface area contributed by atoms with E-state index < -0.39 is 52.4 Å². The van der Waals surface area contributed by atoms with E-state index in [-0.39, 0.29) is 13.0 Å². The molecule has 0 fully saturated rings. The molecule has 0 aliphatic rings. The average Bonchev–Trinajstić information content (AvgIpc) is 2.98. The van der Waals surface area contributed by atoms with Crippen LogP contribution in [0.25, 0.3) is 0 Å². The summed E-state index contributed by atoms with van der Waals surface area (Å²) >= 11 is 0. The molecular formula is C30H28FNO6S2. The highest BCUT2D eigenvalue weighted by Gasteiger charge is 2.58. The molecule has 4 aromatic carbocycles. The van der Waals surface area contributed by atoms with Crippen molar-refractivity contribution in [3.05, 3.63) is 132 Å². The van der Waals surface area contributed by atoms with Gasteiger partial charge in [0.2, 0.25) is 19.7 Å². The molecule has 0 aliphatic carbocycles. The summed E-state index contributed by atoms with van der Waals surface area (Å²) in [4.78, 5) is 11.8. The third kappa shape index (κ3) is 6.40. The summed E-state index contributed by atoms with van der Waals surface area (Å²) in [6.07, 6.45) is -2.08. The van der Waals surface area contributed by atoms with Crippen LogP contribution in [0.5, 0.6) is 0 Å². The number of amides is 1. The quantitative estimate of drug-likeness (QED) is 0.251. The summed E-state index contributed by atoms with van der Waals surface area (Å²) in [5.74, 6) is 0. The Morgan fingerprint density at radius 2 is 1.07 bits per heavy atom. The molecule has 4 rings (SSSR count). The van der Waals surface area contributed by atoms with E-state index >= 15 is 4.39 Å². The number of benzene rings is 4. The van der Waals surface area contributed by atoms with E-state index in [0.717, 1.165) is 24.3 Å². The fraction of sp³-hybridized carbons (Fsp3) is 0.167. The lowest BCUT2D eigenvalue weighted by molar-refractivity contribution is 0.133. The first kappa shape index (κ1) is 29.0. The Labute approximate surface area is 233 Å². The zero-order valence-corrected chi connectivity index (χ0v) is 23.0. The number of hydrogen-bond donors (Lipinski definition) is 1. The molecule has 1 atom stereocenters. The fourth-order valence-electron chi connectivity index (χ4n) is 4.21. The van der Waals surface area contributed by atoms with E-state index in [1.807, 2.05) is 0 Å².